The number of esters is 1. The van der Waals surface area contributed by atoms with Crippen molar-refractivity contribution in [1.29, 1.82) is 0 Å². The van der Waals surface area contributed by atoms with Gasteiger partial charge in [0.1, 0.15) is 18.7 Å². The van der Waals surface area contributed by atoms with E-state index in [-0.39, 0.29) is 24.5 Å². The van der Waals surface area contributed by atoms with Crippen molar-refractivity contribution in [2.75, 3.05) is 12.3 Å². The largest absolute Gasteiger partial charge is 0.463 e. The normalized spacial score (nSPS) is 18.2. The van der Waals surface area contributed by atoms with Crippen molar-refractivity contribution < 1.29 is 14.3 Å². The van der Waals surface area contributed by atoms with Crippen LogP contribution in [0.15, 0.2) is 77.8 Å². The molecule has 0 spiro atoms. The maximum atomic E-state index is 12.0. The molecule has 0 amide bonds. The molecule has 0 bridgehead atoms. The van der Waals surface area contributed by atoms with Crippen molar-refractivity contribution in [3.63, 3.8) is 0 Å². The lowest BCUT2D eigenvalue weighted by Crippen LogP contribution is -2.28. The third-order valence-corrected chi connectivity index (χ3v) is 6.09. The molecule has 0 radical (unpaired) electrons. The monoisotopic (exact) mass is 523 g/mol. The summed E-state index contributed by atoms with van der Waals surface area (Å²) >= 11 is 0. The summed E-state index contributed by atoms with van der Waals surface area (Å²) in [6, 6.07) is 1.57. The molecule has 2 unspecified atom stereocenters. The standard InChI is InChI=1S/C31H45N3O4/c1-2-3-4-5-6-7-8-9-10-11-12-13-14-15-16-17-18-19-20-21-30(35)37-26-27-22-23-29(38-27)34-25-24-28(32)33-31(34)36/h3-4,6-7,9-10,12-13,15-16,24-25,27,29H,2,5,8,11,14,17-23,26H2,1H3,(H2,32,33,36)/b4-3-,7-6-,10-9-,13-12-,16-15-. The molecule has 1 fully saturated rings. The number of rotatable bonds is 18. The summed E-state index contributed by atoms with van der Waals surface area (Å²) in [5.74, 6) is -0.00849. The Labute approximate surface area is 227 Å². The molecule has 2 heterocycles. The van der Waals surface area contributed by atoms with Crippen LogP contribution in [0.5, 0.6) is 0 Å². The lowest BCUT2D eigenvalue weighted by molar-refractivity contribution is -0.148. The Morgan fingerprint density at radius 3 is 2.24 bits per heavy atom. The Kier molecular flexibility index (Phi) is 16.2. The second kappa shape index (κ2) is 19.9. The zero-order valence-electron chi connectivity index (χ0n) is 22.9. The molecule has 2 N–H and O–H groups in total. The molecule has 2 rings (SSSR count). The van der Waals surface area contributed by atoms with Crippen LogP contribution >= 0.6 is 0 Å². The van der Waals surface area contributed by atoms with Crippen molar-refractivity contribution in [3.8, 4) is 0 Å². The number of aromatic nitrogens is 2. The highest BCUT2D eigenvalue weighted by atomic mass is 16.6. The van der Waals surface area contributed by atoms with Gasteiger partial charge in [0.2, 0.25) is 0 Å². The number of nitrogens with zero attached hydrogens (tertiary/aromatic N) is 2. The fourth-order valence-electron chi connectivity index (χ4n) is 3.99. The Balaban J connectivity index is 1.42. The van der Waals surface area contributed by atoms with Gasteiger partial charge in [-0.15, -0.1) is 0 Å². The number of unbranched alkanes of at least 4 members (excludes halogenated alkanes) is 3. The molecule has 0 aliphatic carbocycles. The van der Waals surface area contributed by atoms with E-state index in [1.54, 1.807) is 12.3 Å². The summed E-state index contributed by atoms with van der Waals surface area (Å²) in [7, 11) is 0. The number of nitrogens with two attached hydrogens (primary N) is 1. The molecule has 1 aromatic heterocycles. The average Bonchev–Trinajstić information content (AvgIpc) is 3.37. The second-order valence-corrected chi connectivity index (χ2v) is 9.32. The Hall–Kier alpha value is -3.19. The Morgan fingerprint density at radius 1 is 0.974 bits per heavy atom. The van der Waals surface area contributed by atoms with Crippen LogP contribution in [0.2, 0.25) is 0 Å². The molecule has 208 valence electrons. The van der Waals surface area contributed by atoms with Crippen LogP contribution in [0.25, 0.3) is 0 Å². The zero-order valence-corrected chi connectivity index (χ0v) is 22.9. The highest BCUT2D eigenvalue weighted by Gasteiger charge is 2.28. The van der Waals surface area contributed by atoms with E-state index in [0.29, 0.717) is 12.8 Å². The highest BCUT2D eigenvalue weighted by molar-refractivity contribution is 5.69. The van der Waals surface area contributed by atoms with Crippen molar-refractivity contribution in [2.45, 2.75) is 96.3 Å². The van der Waals surface area contributed by atoms with Crippen molar-refractivity contribution in [1.82, 2.24) is 9.55 Å². The topological polar surface area (TPSA) is 96.4 Å². The maximum absolute atomic E-state index is 12.0. The first-order valence-electron chi connectivity index (χ1n) is 14.0. The van der Waals surface area contributed by atoms with E-state index in [2.05, 4.69) is 72.7 Å². The van der Waals surface area contributed by atoms with Crippen molar-refractivity contribution in [2.24, 2.45) is 0 Å². The fourth-order valence-corrected chi connectivity index (χ4v) is 3.99. The van der Waals surface area contributed by atoms with Gasteiger partial charge in [-0.05, 0) is 70.3 Å². The van der Waals surface area contributed by atoms with Gasteiger partial charge in [-0.3, -0.25) is 9.36 Å². The number of hydrogen-bond acceptors (Lipinski definition) is 6. The van der Waals surface area contributed by atoms with Gasteiger partial charge in [-0.2, -0.15) is 4.98 Å². The fraction of sp³-hybridized carbons (Fsp3) is 0.516. The summed E-state index contributed by atoms with van der Waals surface area (Å²) in [5.41, 5.74) is 5.09. The molecule has 2 atom stereocenters. The molecule has 1 aromatic rings. The second-order valence-electron chi connectivity index (χ2n) is 9.32. The van der Waals surface area contributed by atoms with Crippen molar-refractivity contribution >= 4 is 11.8 Å². The van der Waals surface area contributed by atoms with Gasteiger partial charge >= 0.3 is 11.7 Å². The molecule has 7 heteroatoms. The molecular weight excluding hydrogens is 478 g/mol. The minimum Gasteiger partial charge on any atom is -0.463 e. The van der Waals surface area contributed by atoms with E-state index < -0.39 is 11.9 Å². The van der Waals surface area contributed by atoms with Gasteiger partial charge in [-0.1, -0.05) is 74.1 Å². The van der Waals surface area contributed by atoms with E-state index in [1.807, 2.05) is 0 Å². The maximum Gasteiger partial charge on any atom is 0.351 e. The minimum atomic E-state index is -0.433. The number of ether oxygens (including phenoxy) is 2. The molecule has 1 aliphatic heterocycles. The third-order valence-electron chi connectivity index (χ3n) is 6.09. The van der Waals surface area contributed by atoms with Crippen LogP contribution in [0.4, 0.5) is 5.82 Å². The summed E-state index contributed by atoms with van der Waals surface area (Å²) < 4.78 is 12.7. The first kappa shape index (κ1) is 31.0. The van der Waals surface area contributed by atoms with Gasteiger partial charge < -0.3 is 15.2 Å². The van der Waals surface area contributed by atoms with E-state index in [9.17, 15) is 9.59 Å². The van der Waals surface area contributed by atoms with E-state index in [1.165, 1.54) is 4.57 Å². The molecule has 38 heavy (non-hydrogen) atoms. The number of allylic oxidation sites excluding steroid dienone is 10. The Morgan fingerprint density at radius 2 is 1.61 bits per heavy atom. The average molecular weight is 524 g/mol. The summed E-state index contributed by atoms with van der Waals surface area (Å²) in [5, 5.41) is 0. The SMILES string of the molecule is CC/C=C\C/C=C\C/C=C\C/C=C\C/C=C\CCCCCC(=O)OCC1CCC(n2ccc(N)nc2=O)O1. The third kappa shape index (κ3) is 13.9. The van der Waals surface area contributed by atoms with Gasteiger partial charge in [0, 0.05) is 12.6 Å². The highest BCUT2D eigenvalue weighted by Crippen LogP contribution is 2.27. The molecule has 0 aromatic carbocycles. The predicted molar refractivity (Wildman–Crippen MR) is 155 cm³/mol. The lowest BCUT2D eigenvalue weighted by Gasteiger charge is -2.15. The molecular formula is C31H45N3O4. The van der Waals surface area contributed by atoms with E-state index in [4.69, 9.17) is 15.2 Å². The van der Waals surface area contributed by atoms with Gasteiger partial charge in [0.15, 0.2) is 0 Å². The van der Waals surface area contributed by atoms with Crippen LogP contribution < -0.4 is 11.4 Å². The summed E-state index contributed by atoms with van der Waals surface area (Å²) in [6.07, 6.45) is 33.8. The predicted octanol–water partition coefficient (Wildman–Crippen LogP) is 6.75. The van der Waals surface area contributed by atoms with Crippen LogP contribution in [-0.4, -0.2) is 28.2 Å². The first-order chi connectivity index (χ1) is 18.6. The first-order valence-corrected chi connectivity index (χ1v) is 14.0. The zero-order chi connectivity index (χ0) is 27.3. The number of carbonyl (C=O) groups is 1. The number of carbonyl (C=O) groups excluding carboxylic acids is 1. The van der Waals surface area contributed by atoms with Gasteiger partial charge in [0.25, 0.3) is 0 Å². The molecule has 0 saturated carbocycles. The lowest BCUT2D eigenvalue weighted by atomic mass is 10.1. The quantitative estimate of drug-likeness (QED) is 0.130. The van der Waals surface area contributed by atoms with E-state index >= 15 is 0 Å². The van der Waals surface area contributed by atoms with Crippen molar-refractivity contribution in [3.05, 3.63) is 83.5 Å². The van der Waals surface area contributed by atoms with Crippen LogP contribution in [0.1, 0.15) is 90.2 Å². The van der Waals surface area contributed by atoms with E-state index in [0.717, 1.165) is 64.2 Å². The van der Waals surface area contributed by atoms with Crippen LogP contribution in [-0.2, 0) is 14.3 Å². The molecule has 7 nitrogen and oxygen atoms in total. The number of anilines is 1. The molecule has 1 aliphatic rings. The van der Waals surface area contributed by atoms with Gasteiger partial charge in [-0.25, -0.2) is 4.79 Å². The Bertz CT molecular complexity index is 1010. The van der Waals surface area contributed by atoms with Crippen LogP contribution in [0, 0.1) is 0 Å². The molecule has 1 saturated heterocycles. The smallest absolute Gasteiger partial charge is 0.351 e. The van der Waals surface area contributed by atoms with Gasteiger partial charge in [0.05, 0.1) is 6.10 Å². The number of nitrogen functional groups attached to an aromatic ring is 1. The minimum absolute atomic E-state index is 0.188. The number of hydrogen-bond donors (Lipinski definition) is 1. The van der Waals surface area contributed by atoms with Crippen LogP contribution in [0.3, 0.4) is 0 Å². The summed E-state index contributed by atoms with van der Waals surface area (Å²) in [4.78, 5) is 27.7. The summed E-state index contributed by atoms with van der Waals surface area (Å²) in [6.45, 7) is 2.36.